The van der Waals surface area contributed by atoms with Crippen molar-refractivity contribution in [2.45, 2.75) is 19.8 Å². The lowest BCUT2D eigenvalue weighted by Crippen LogP contribution is -2.29. The van der Waals surface area contributed by atoms with Gasteiger partial charge in [-0.2, -0.15) is 0 Å². The van der Waals surface area contributed by atoms with Crippen molar-refractivity contribution in [3.63, 3.8) is 0 Å². The molecular formula is C14H19NO4. The van der Waals surface area contributed by atoms with Crippen molar-refractivity contribution in [3.8, 4) is 11.5 Å². The van der Waals surface area contributed by atoms with Crippen LogP contribution in [0, 0.1) is 6.92 Å². The molecule has 0 aromatic heterocycles. The molecule has 0 spiro atoms. The molecule has 1 heterocycles. The molecule has 0 bridgehead atoms. The number of aryl methyl sites for hydroxylation is 1. The van der Waals surface area contributed by atoms with Gasteiger partial charge in [0.25, 0.3) is 0 Å². The Bertz CT molecular complexity index is 473. The average molecular weight is 265 g/mol. The monoisotopic (exact) mass is 265 g/mol. The lowest BCUT2D eigenvalue weighted by atomic mass is 10.0. The van der Waals surface area contributed by atoms with Gasteiger partial charge in [0, 0.05) is 20.0 Å². The summed E-state index contributed by atoms with van der Waals surface area (Å²) in [6, 6.07) is 3.94. The average Bonchev–Trinajstić information content (AvgIpc) is 2.82. The maximum Gasteiger partial charge on any atom is 0.231 e. The van der Waals surface area contributed by atoms with Crippen LogP contribution in [0.3, 0.4) is 0 Å². The summed E-state index contributed by atoms with van der Waals surface area (Å²) in [5.74, 6) is 1.51. The second kappa shape index (κ2) is 5.93. The molecule has 2 rings (SSSR count). The number of aliphatic hydroxyl groups is 1. The Kier molecular flexibility index (Phi) is 4.27. The number of hydrogen-bond acceptors (Lipinski definition) is 4. The van der Waals surface area contributed by atoms with Crippen LogP contribution in [0.5, 0.6) is 11.5 Å². The molecule has 1 aromatic carbocycles. The zero-order chi connectivity index (χ0) is 13.8. The highest BCUT2D eigenvalue weighted by atomic mass is 16.7. The highest BCUT2D eigenvalue weighted by Gasteiger charge is 2.16. The van der Waals surface area contributed by atoms with Crippen LogP contribution in [-0.4, -0.2) is 42.9 Å². The van der Waals surface area contributed by atoms with Crippen molar-refractivity contribution < 1.29 is 19.4 Å². The lowest BCUT2D eigenvalue weighted by molar-refractivity contribution is -0.130. The summed E-state index contributed by atoms with van der Waals surface area (Å²) in [6.07, 6.45) is 0.937. The molecule has 0 saturated heterocycles. The van der Waals surface area contributed by atoms with E-state index in [-0.39, 0.29) is 25.7 Å². The molecule has 0 unspecified atom stereocenters. The molecule has 0 fully saturated rings. The van der Waals surface area contributed by atoms with Crippen LogP contribution in [0.25, 0.3) is 0 Å². The first-order chi connectivity index (χ1) is 9.11. The first-order valence-corrected chi connectivity index (χ1v) is 6.35. The zero-order valence-electron chi connectivity index (χ0n) is 11.3. The Labute approximate surface area is 112 Å². The maximum absolute atomic E-state index is 11.6. The number of aliphatic hydroxyl groups excluding tert-OH is 1. The van der Waals surface area contributed by atoms with Crippen molar-refractivity contribution in [3.05, 3.63) is 23.3 Å². The fourth-order valence-corrected chi connectivity index (χ4v) is 2.05. The number of rotatable bonds is 5. The van der Waals surface area contributed by atoms with Gasteiger partial charge in [-0.25, -0.2) is 0 Å². The number of fused-ring (bicyclic) bond motifs is 1. The minimum atomic E-state index is -0.105. The number of benzene rings is 1. The van der Waals surface area contributed by atoms with E-state index >= 15 is 0 Å². The smallest absolute Gasteiger partial charge is 0.231 e. The van der Waals surface area contributed by atoms with Gasteiger partial charge in [-0.1, -0.05) is 0 Å². The Morgan fingerprint density at radius 3 is 2.74 bits per heavy atom. The SMILES string of the molecule is Cc1cc2c(cc1CCN(C)C(=O)CCO)OCO2. The van der Waals surface area contributed by atoms with Gasteiger partial charge in [0.15, 0.2) is 11.5 Å². The van der Waals surface area contributed by atoms with E-state index in [4.69, 9.17) is 14.6 Å². The highest BCUT2D eigenvalue weighted by Crippen LogP contribution is 2.34. The lowest BCUT2D eigenvalue weighted by Gasteiger charge is -2.17. The molecule has 0 atom stereocenters. The molecule has 1 N–H and O–H groups in total. The van der Waals surface area contributed by atoms with Gasteiger partial charge in [-0.3, -0.25) is 4.79 Å². The summed E-state index contributed by atoms with van der Waals surface area (Å²) < 4.78 is 10.7. The molecule has 0 saturated carbocycles. The summed E-state index contributed by atoms with van der Waals surface area (Å²) in [5.41, 5.74) is 2.28. The second-order valence-electron chi connectivity index (χ2n) is 4.67. The maximum atomic E-state index is 11.6. The van der Waals surface area contributed by atoms with Gasteiger partial charge < -0.3 is 19.5 Å². The molecular weight excluding hydrogens is 246 g/mol. The van der Waals surface area contributed by atoms with Crippen LogP contribution in [0.15, 0.2) is 12.1 Å². The number of amides is 1. The molecule has 19 heavy (non-hydrogen) atoms. The third-order valence-electron chi connectivity index (χ3n) is 3.30. The molecule has 1 aromatic rings. The van der Waals surface area contributed by atoms with Gasteiger partial charge in [0.2, 0.25) is 12.7 Å². The molecule has 5 nitrogen and oxygen atoms in total. The van der Waals surface area contributed by atoms with Crippen LogP contribution < -0.4 is 9.47 Å². The molecule has 1 aliphatic heterocycles. The topological polar surface area (TPSA) is 59.0 Å². The fourth-order valence-electron chi connectivity index (χ4n) is 2.05. The molecule has 1 aliphatic rings. The first-order valence-electron chi connectivity index (χ1n) is 6.35. The molecule has 1 amide bonds. The van der Waals surface area contributed by atoms with Crippen molar-refractivity contribution in [1.29, 1.82) is 0 Å². The van der Waals surface area contributed by atoms with Gasteiger partial charge >= 0.3 is 0 Å². The third kappa shape index (κ3) is 3.17. The molecule has 104 valence electrons. The molecule has 0 aliphatic carbocycles. The largest absolute Gasteiger partial charge is 0.454 e. The van der Waals surface area contributed by atoms with E-state index in [2.05, 4.69) is 0 Å². The van der Waals surface area contributed by atoms with E-state index in [1.54, 1.807) is 11.9 Å². The van der Waals surface area contributed by atoms with E-state index in [9.17, 15) is 4.79 Å². The summed E-state index contributed by atoms with van der Waals surface area (Å²) >= 11 is 0. The Hall–Kier alpha value is -1.75. The van der Waals surface area contributed by atoms with Gasteiger partial charge in [-0.05, 0) is 36.6 Å². The van der Waals surface area contributed by atoms with E-state index in [0.29, 0.717) is 6.54 Å². The van der Waals surface area contributed by atoms with Gasteiger partial charge in [0.1, 0.15) is 0 Å². The predicted octanol–water partition coefficient (Wildman–Crippen LogP) is 1.11. The summed E-state index contributed by atoms with van der Waals surface area (Å²) in [4.78, 5) is 13.2. The van der Waals surface area contributed by atoms with Crippen molar-refractivity contribution in [2.24, 2.45) is 0 Å². The summed E-state index contributed by atoms with van der Waals surface area (Å²) in [6.45, 7) is 2.81. The van der Waals surface area contributed by atoms with Gasteiger partial charge in [-0.15, -0.1) is 0 Å². The number of nitrogens with zero attached hydrogens (tertiary/aromatic N) is 1. The summed E-state index contributed by atoms with van der Waals surface area (Å²) in [7, 11) is 1.75. The number of hydrogen-bond donors (Lipinski definition) is 1. The van der Waals surface area contributed by atoms with Crippen molar-refractivity contribution in [1.82, 2.24) is 4.90 Å². The number of ether oxygens (including phenoxy) is 2. The number of carbonyl (C=O) groups is 1. The fraction of sp³-hybridized carbons (Fsp3) is 0.500. The quantitative estimate of drug-likeness (QED) is 0.866. The Balaban J connectivity index is 1.98. The highest BCUT2D eigenvalue weighted by molar-refractivity contribution is 5.75. The normalized spacial score (nSPS) is 12.6. The second-order valence-corrected chi connectivity index (χ2v) is 4.67. The molecule has 0 radical (unpaired) electrons. The van der Waals surface area contributed by atoms with E-state index in [1.807, 2.05) is 19.1 Å². The zero-order valence-corrected chi connectivity index (χ0v) is 11.3. The third-order valence-corrected chi connectivity index (χ3v) is 3.30. The van der Waals surface area contributed by atoms with Crippen LogP contribution in [0.4, 0.5) is 0 Å². The van der Waals surface area contributed by atoms with Crippen LogP contribution in [0.1, 0.15) is 17.5 Å². The van der Waals surface area contributed by atoms with Crippen molar-refractivity contribution >= 4 is 5.91 Å². The summed E-state index contributed by atoms with van der Waals surface area (Å²) in [5, 5.41) is 8.74. The van der Waals surface area contributed by atoms with E-state index in [1.165, 1.54) is 0 Å². The van der Waals surface area contributed by atoms with E-state index in [0.717, 1.165) is 29.0 Å². The van der Waals surface area contributed by atoms with E-state index < -0.39 is 0 Å². The number of likely N-dealkylation sites (N-methyl/N-ethyl adjacent to an activating group) is 1. The minimum Gasteiger partial charge on any atom is -0.454 e. The molecule has 5 heteroatoms. The minimum absolute atomic E-state index is 0.0408. The van der Waals surface area contributed by atoms with Gasteiger partial charge in [0.05, 0.1) is 6.61 Å². The van der Waals surface area contributed by atoms with Crippen LogP contribution in [0.2, 0.25) is 0 Å². The Morgan fingerprint density at radius 2 is 2.05 bits per heavy atom. The number of carbonyl (C=O) groups excluding carboxylic acids is 1. The predicted molar refractivity (Wildman–Crippen MR) is 70.3 cm³/mol. The van der Waals surface area contributed by atoms with Crippen LogP contribution in [-0.2, 0) is 11.2 Å². The van der Waals surface area contributed by atoms with Crippen LogP contribution >= 0.6 is 0 Å². The first kappa shape index (κ1) is 13.7. The Morgan fingerprint density at radius 1 is 1.37 bits per heavy atom. The standard InChI is InChI=1S/C14H19NO4/c1-10-7-12-13(19-9-18-12)8-11(10)3-5-15(2)14(17)4-6-16/h7-8,16H,3-6,9H2,1-2H3. The van der Waals surface area contributed by atoms with Crippen molar-refractivity contribution in [2.75, 3.05) is 27.0 Å².